The summed E-state index contributed by atoms with van der Waals surface area (Å²) in [5.41, 5.74) is 1.35. The van der Waals surface area contributed by atoms with Crippen LogP contribution in [0.25, 0.3) is 0 Å². The minimum Gasteiger partial charge on any atom is -0.494 e. The maximum absolute atomic E-state index is 11.6. The lowest BCUT2D eigenvalue weighted by Crippen LogP contribution is -2.22. The molecule has 1 amide bonds. The fourth-order valence-electron chi connectivity index (χ4n) is 1.64. The second-order valence-corrected chi connectivity index (χ2v) is 4.43. The van der Waals surface area contributed by atoms with E-state index in [1.54, 1.807) is 18.2 Å². The van der Waals surface area contributed by atoms with E-state index < -0.39 is 6.10 Å². The van der Waals surface area contributed by atoms with Crippen LogP contribution in [0.3, 0.4) is 0 Å². The normalized spacial score (nSPS) is 11.8. The molecule has 0 aliphatic carbocycles. The number of methoxy groups -OCH3 is 1. The first-order valence-corrected chi connectivity index (χ1v) is 6.61. The first-order valence-electron chi connectivity index (χ1n) is 6.61. The van der Waals surface area contributed by atoms with E-state index >= 15 is 0 Å². The van der Waals surface area contributed by atoms with Crippen molar-refractivity contribution in [2.45, 2.75) is 25.9 Å². The summed E-state index contributed by atoms with van der Waals surface area (Å²) in [6.07, 6.45) is 0.434. The molecular formula is C14H22N2O4. The Bertz CT molecular complexity index is 437. The third-order valence-electron chi connectivity index (χ3n) is 2.71. The number of ether oxygens (including phenoxy) is 1. The van der Waals surface area contributed by atoms with Crippen molar-refractivity contribution in [1.29, 1.82) is 0 Å². The number of hydrogen-bond donors (Lipinski definition) is 4. The minimum atomic E-state index is -0.815. The van der Waals surface area contributed by atoms with Gasteiger partial charge in [0.05, 0.1) is 25.5 Å². The molecule has 1 aromatic carbocycles. The number of aliphatic hydroxyl groups excluding tert-OH is 2. The molecule has 0 fully saturated rings. The molecule has 1 atom stereocenters. The fraction of sp³-hybridized carbons (Fsp3) is 0.500. The standard InChI is InChI=1S/C14H22N2O4/c1-3-4-14(19)16-12-6-5-10(7-13(12)20-2)15-8-11(18)9-17/h5-7,11,15,17-18H,3-4,8-9H2,1-2H3,(H,16,19). The van der Waals surface area contributed by atoms with Crippen LogP contribution >= 0.6 is 0 Å². The first-order chi connectivity index (χ1) is 9.60. The highest BCUT2D eigenvalue weighted by atomic mass is 16.5. The van der Waals surface area contributed by atoms with Crippen LogP contribution in [0, 0.1) is 0 Å². The number of rotatable bonds is 8. The molecule has 0 saturated carbocycles. The van der Waals surface area contributed by atoms with E-state index in [0.29, 0.717) is 17.9 Å². The number of nitrogens with one attached hydrogen (secondary N) is 2. The highest BCUT2D eigenvalue weighted by molar-refractivity contribution is 5.92. The summed E-state index contributed by atoms with van der Waals surface area (Å²) in [6.45, 7) is 1.88. The molecule has 0 aromatic heterocycles. The molecule has 0 spiro atoms. The van der Waals surface area contributed by atoms with E-state index in [1.165, 1.54) is 7.11 Å². The monoisotopic (exact) mass is 282 g/mol. The van der Waals surface area contributed by atoms with Crippen molar-refractivity contribution >= 4 is 17.3 Å². The number of hydrogen-bond acceptors (Lipinski definition) is 5. The predicted molar refractivity (Wildman–Crippen MR) is 78.1 cm³/mol. The number of amides is 1. The SMILES string of the molecule is CCCC(=O)Nc1ccc(NCC(O)CO)cc1OC. The van der Waals surface area contributed by atoms with Gasteiger partial charge in [0, 0.05) is 24.7 Å². The van der Waals surface area contributed by atoms with Crippen molar-refractivity contribution in [2.24, 2.45) is 0 Å². The molecule has 1 rings (SSSR count). The summed E-state index contributed by atoms with van der Waals surface area (Å²) < 4.78 is 5.23. The van der Waals surface area contributed by atoms with E-state index in [2.05, 4.69) is 10.6 Å². The second kappa shape index (κ2) is 8.39. The third kappa shape index (κ3) is 5.07. The zero-order chi connectivity index (χ0) is 15.0. The molecule has 20 heavy (non-hydrogen) atoms. The lowest BCUT2D eigenvalue weighted by molar-refractivity contribution is -0.116. The molecule has 4 N–H and O–H groups in total. The predicted octanol–water partition coefficient (Wildman–Crippen LogP) is 1.20. The van der Waals surface area contributed by atoms with Crippen molar-refractivity contribution in [3.05, 3.63) is 18.2 Å². The lowest BCUT2D eigenvalue weighted by Gasteiger charge is -2.14. The Morgan fingerprint density at radius 3 is 2.80 bits per heavy atom. The van der Waals surface area contributed by atoms with E-state index in [4.69, 9.17) is 9.84 Å². The van der Waals surface area contributed by atoms with Crippen LogP contribution in [-0.4, -0.2) is 42.5 Å². The van der Waals surface area contributed by atoms with Gasteiger partial charge in [-0.15, -0.1) is 0 Å². The average Bonchev–Trinajstić information content (AvgIpc) is 2.45. The summed E-state index contributed by atoms with van der Waals surface area (Å²) in [7, 11) is 1.52. The van der Waals surface area contributed by atoms with Crippen molar-refractivity contribution in [2.75, 3.05) is 30.9 Å². The van der Waals surface area contributed by atoms with E-state index in [-0.39, 0.29) is 19.1 Å². The van der Waals surface area contributed by atoms with Gasteiger partial charge >= 0.3 is 0 Å². The number of anilines is 2. The molecule has 1 unspecified atom stereocenters. The van der Waals surface area contributed by atoms with Gasteiger partial charge < -0.3 is 25.6 Å². The Hall–Kier alpha value is -1.79. The van der Waals surface area contributed by atoms with Crippen molar-refractivity contribution in [1.82, 2.24) is 0 Å². The number of carbonyl (C=O) groups is 1. The van der Waals surface area contributed by atoms with Crippen LogP contribution in [0.15, 0.2) is 18.2 Å². The number of benzene rings is 1. The molecule has 0 aliphatic rings. The summed E-state index contributed by atoms with van der Waals surface area (Å²) in [6, 6.07) is 5.24. The van der Waals surface area contributed by atoms with Gasteiger partial charge in [-0.25, -0.2) is 0 Å². The van der Waals surface area contributed by atoms with Crippen LogP contribution < -0.4 is 15.4 Å². The number of carbonyl (C=O) groups excluding carboxylic acids is 1. The lowest BCUT2D eigenvalue weighted by atomic mass is 10.2. The minimum absolute atomic E-state index is 0.0535. The quantitative estimate of drug-likeness (QED) is 0.575. The molecule has 6 nitrogen and oxygen atoms in total. The molecule has 0 saturated heterocycles. The second-order valence-electron chi connectivity index (χ2n) is 4.43. The molecule has 6 heteroatoms. The topological polar surface area (TPSA) is 90.8 Å². The number of aliphatic hydroxyl groups is 2. The molecule has 1 aromatic rings. The molecular weight excluding hydrogens is 260 g/mol. The fourth-order valence-corrected chi connectivity index (χ4v) is 1.64. The Morgan fingerprint density at radius 2 is 2.20 bits per heavy atom. The molecule has 112 valence electrons. The Balaban J connectivity index is 2.72. The zero-order valence-corrected chi connectivity index (χ0v) is 11.8. The zero-order valence-electron chi connectivity index (χ0n) is 11.8. The summed E-state index contributed by atoms with van der Waals surface area (Å²) >= 11 is 0. The van der Waals surface area contributed by atoms with Gasteiger partial charge in [0.15, 0.2) is 0 Å². The first kappa shape index (κ1) is 16.3. The van der Waals surface area contributed by atoms with Gasteiger partial charge in [0.25, 0.3) is 0 Å². The van der Waals surface area contributed by atoms with Crippen molar-refractivity contribution in [3.8, 4) is 5.75 Å². The van der Waals surface area contributed by atoms with Gasteiger partial charge in [-0.2, -0.15) is 0 Å². The van der Waals surface area contributed by atoms with Crippen molar-refractivity contribution < 1.29 is 19.7 Å². The van der Waals surface area contributed by atoms with Gasteiger partial charge in [-0.3, -0.25) is 4.79 Å². The summed E-state index contributed by atoms with van der Waals surface area (Å²) in [5.74, 6) is 0.486. The maximum atomic E-state index is 11.6. The highest BCUT2D eigenvalue weighted by Crippen LogP contribution is 2.28. The molecule has 0 aliphatic heterocycles. The average molecular weight is 282 g/mol. The van der Waals surface area contributed by atoms with Crippen LogP contribution in [0.1, 0.15) is 19.8 Å². The van der Waals surface area contributed by atoms with Gasteiger partial charge in [-0.05, 0) is 18.6 Å². The van der Waals surface area contributed by atoms with E-state index in [9.17, 15) is 9.90 Å². The highest BCUT2D eigenvalue weighted by Gasteiger charge is 2.08. The smallest absolute Gasteiger partial charge is 0.224 e. The van der Waals surface area contributed by atoms with Crippen LogP contribution in [0.4, 0.5) is 11.4 Å². The third-order valence-corrected chi connectivity index (χ3v) is 2.71. The Kier molecular flexibility index (Phi) is 6.83. The molecule has 0 bridgehead atoms. The summed E-state index contributed by atoms with van der Waals surface area (Å²) in [5, 5.41) is 23.8. The molecule has 0 radical (unpaired) electrons. The van der Waals surface area contributed by atoms with Crippen LogP contribution in [-0.2, 0) is 4.79 Å². The van der Waals surface area contributed by atoms with E-state index in [1.807, 2.05) is 6.92 Å². The molecule has 0 heterocycles. The van der Waals surface area contributed by atoms with E-state index in [0.717, 1.165) is 12.1 Å². The maximum Gasteiger partial charge on any atom is 0.224 e. The summed E-state index contributed by atoms with van der Waals surface area (Å²) in [4.78, 5) is 11.6. The largest absolute Gasteiger partial charge is 0.494 e. The van der Waals surface area contributed by atoms with Gasteiger partial charge in [-0.1, -0.05) is 6.92 Å². The van der Waals surface area contributed by atoms with Crippen LogP contribution in [0.2, 0.25) is 0 Å². The Labute approximate surface area is 118 Å². The van der Waals surface area contributed by atoms with Gasteiger partial charge in [0.2, 0.25) is 5.91 Å². The Morgan fingerprint density at radius 1 is 1.45 bits per heavy atom. The van der Waals surface area contributed by atoms with Crippen LogP contribution in [0.5, 0.6) is 5.75 Å². The van der Waals surface area contributed by atoms with Crippen molar-refractivity contribution in [3.63, 3.8) is 0 Å². The van der Waals surface area contributed by atoms with Gasteiger partial charge in [0.1, 0.15) is 5.75 Å².